The van der Waals surface area contributed by atoms with Crippen LogP contribution in [0, 0.1) is 0 Å². The van der Waals surface area contributed by atoms with E-state index in [1.54, 1.807) is 0 Å². The van der Waals surface area contributed by atoms with Crippen LogP contribution in [-0.2, 0) is 0 Å². The lowest BCUT2D eigenvalue weighted by molar-refractivity contribution is 1.70. The van der Waals surface area contributed by atoms with Gasteiger partial charge in [0, 0.05) is 0 Å². The second kappa shape index (κ2) is 6.67. The SMILES string of the molecule is c1ccc2c(c1)-c1cccc3cccc-2c13.c1ccc2c(c1)-c1cccc3cccc-2c13. The Labute approximate surface area is 187 Å². The molecule has 6 aromatic rings. The Hall–Kier alpha value is -4.16. The van der Waals surface area contributed by atoms with Crippen molar-refractivity contribution in [2.75, 3.05) is 0 Å². The van der Waals surface area contributed by atoms with E-state index in [1.165, 1.54) is 66.1 Å². The molecular weight excluding hydrogens is 384 g/mol. The second-order valence-electron chi connectivity index (χ2n) is 8.51. The summed E-state index contributed by atoms with van der Waals surface area (Å²) in [6, 6.07) is 43.5. The highest BCUT2D eigenvalue weighted by Gasteiger charge is 2.20. The van der Waals surface area contributed by atoms with Gasteiger partial charge < -0.3 is 0 Å². The van der Waals surface area contributed by atoms with Gasteiger partial charge in [-0.3, -0.25) is 0 Å². The molecule has 0 saturated carbocycles. The standard InChI is InChI=1S/2C16H10/c2*1-2-8-13-12(7-1)14-9-3-5-11-6-4-10-15(13)16(11)14/h2*1-10H. The van der Waals surface area contributed by atoms with E-state index in [0.717, 1.165) is 0 Å². The number of hydrogen-bond donors (Lipinski definition) is 0. The Balaban J connectivity index is 0.000000113. The second-order valence-corrected chi connectivity index (χ2v) is 8.51. The van der Waals surface area contributed by atoms with Crippen molar-refractivity contribution in [3.05, 3.63) is 121 Å². The molecule has 8 rings (SSSR count). The molecule has 0 heterocycles. The topological polar surface area (TPSA) is 0 Å². The molecule has 32 heavy (non-hydrogen) atoms. The predicted molar refractivity (Wildman–Crippen MR) is 137 cm³/mol. The summed E-state index contributed by atoms with van der Waals surface area (Å²) in [5.74, 6) is 0. The van der Waals surface area contributed by atoms with E-state index in [9.17, 15) is 0 Å². The van der Waals surface area contributed by atoms with Gasteiger partial charge in [-0.15, -0.1) is 0 Å². The highest BCUT2D eigenvalue weighted by atomic mass is 14.2. The zero-order valence-electron chi connectivity index (χ0n) is 17.5. The van der Waals surface area contributed by atoms with Gasteiger partial charge in [0.15, 0.2) is 0 Å². The number of rotatable bonds is 0. The maximum Gasteiger partial charge on any atom is -0.00264 e. The van der Waals surface area contributed by atoms with Gasteiger partial charge in [0.05, 0.1) is 0 Å². The molecule has 0 fully saturated rings. The summed E-state index contributed by atoms with van der Waals surface area (Å²) in [7, 11) is 0. The number of fused-ring (bicyclic) bond motifs is 6. The van der Waals surface area contributed by atoms with Crippen LogP contribution in [0.4, 0.5) is 0 Å². The van der Waals surface area contributed by atoms with E-state index < -0.39 is 0 Å². The average Bonchev–Trinajstić information content (AvgIpc) is 3.37. The lowest BCUT2D eigenvalue weighted by Gasteiger charge is -2.00. The Morgan fingerprint density at radius 1 is 0.219 bits per heavy atom. The molecule has 2 aliphatic carbocycles. The summed E-state index contributed by atoms with van der Waals surface area (Å²) in [4.78, 5) is 0. The van der Waals surface area contributed by atoms with E-state index in [4.69, 9.17) is 0 Å². The first kappa shape index (κ1) is 17.5. The summed E-state index contributed by atoms with van der Waals surface area (Å²) in [6.07, 6.45) is 0. The van der Waals surface area contributed by atoms with Crippen molar-refractivity contribution in [3.8, 4) is 44.5 Å². The lowest BCUT2D eigenvalue weighted by atomic mass is 10.0. The maximum atomic E-state index is 2.22. The molecular formula is C32H20. The van der Waals surface area contributed by atoms with Gasteiger partial charge in [0.25, 0.3) is 0 Å². The minimum atomic E-state index is 1.34. The van der Waals surface area contributed by atoms with E-state index in [0.29, 0.717) is 0 Å². The molecule has 2 aliphatic rings. The minimum Gasteiger partial charge on any atom is -0.0616 e. The molecule has 6 aromatic carbocycles. The lowest BCUT2D eigenvalue weighted by Crippen LogP contribution is -1.73. The molecule has 148 valence electrons. The van der Waals surface area contributed by atoms with Crippen molar-refractivity contribution in [2.45, 2.75) is 0 Å². The highest BCUT2D eigenvalue weighted by molar-refractivity contribution is 6.16. The van der Waals surface area contributed by atoms with Gasteiger partial charge in [-0.05, 0) is 66.1 Å². The quantitative estimate of drug-likeness (QED) is 0.236. The molecule has 0 nitrogen and oxygen atoms in total. The molecule has 0 unspecified atom stereocenters. The summed E-state index contributed by atoms with van der Waals surface area (Å²) in [5.41, 5.74) is 11.0. The number of benzene rings is 6. The van der Waals surface area contributed by atoms with Crippen LogP contribution in [0.3, 0.4) is 0 Å². The van der Waals surface area contributed by atoms with E-state index in [-0.39, 0.29) is 0 Å². The van der Waals surface area contributed by atoms with E-state index in [1.807, 2.05) is 0 Å². The minimum absolute atomic E-state index is 1.34. The van der Waals surface area contributed by atoms with Crippen molar-refractivity contribution in [3.63, 3.8) is 0 Å². The Kier molecular flexibility index (Phi) is 3.65. The first-order chi connectivity index (χ1) is 15.9. The predicted octanol–water partition coefficient (Wildman–Crippen LogP) is 8.97. The maximum absolute atomic E-state index is 2.22. The third-order valence-corrected chi connectivity index (χ3v) is 6.82. The van der Waals surface area contributed by atoms with Crippen molar-refractivity contribution in [1.82, 2.24) is 0 Å². The molecule has 0 atom stereocenters. The molecule has 0 saturated heterocycles. The largest absolute Gasteiger partial charge is 0.0616 e. The molecule has 0 aromatic heterocycles. The van der Waals surface area contributed by atoms with Crippen LogP contribution in [0.15, 0.2) is 121 Å². The fraction of sp³-hybridized carbons (Fsp3) is 0. The summed E-state index contributed by atoms with van der Waals surface area (Å²) < 4.78 is 0. The van der Waals surface area contributed by atoms with Crippen molar-refractivity contribution < 1.29 is 0 Å². The summed E-state index contributed by atoms with van der Waals surface area (Å²) in [6.45, 7) is 0. The Morgan fingerprint density at radius 2 is 0.469 bits per heavy atom. The first-order valence-electron chi connectivity index (χ1n) is 11.1. The zero-order valence-corrected chi connectivity index (χ0v) is 17.5. The van der Waals surface area contributed by atoms with E-state index in [2.05, 4.69) is 121 Å². The smallest absolute Gasteiger partial charge is 0.00264 e. The van der Waals surface area contributed by atoms with Gasteiger partial charge in [-0.2, -0.15) is 0 Å². The highest BCUT2D eigenvalue weighted by Crippen LogP contribution is 2.47. The molecule has 0 heteroatoms. The van der Waals surface area contributed by atoms with Gasteiger partial charge in [0.2, 0.25) is 0 Å². The van der Waals surface area contributed by atoms with Crippen LogP contribution in [0.1, 0.15) is 0 Å². The third kappa shape index (κ3) is 2.38. The Morgan fingerprint density at radius 3 is 0.750 bits per heavy atom. The van der Waals surface area contributed by atoms with Crippen LogP contribution in [0.5, 0.6) is 0 Å². The average molecular weight is 405 g/mol. The normalized spacial score (nSPS) is 11.8. The van der Waals surface area contributed by atoms with Crippen LogP contribution in [0.2, 0.25) is 0 Å². The molecule has 0 amide bonds. The molecule has 0 aliphatic heterocycles. The van der Waals surface area contributed by atoms with Gasteiger partial charge >= 0.3 is 0 Å². The van der Waals surface area contributed by atoms with Crippen LogP contribution in [0.25, 0.3) is 66.1 Å². The van der Waals surface area contributed by atoms with Crippen molar-refractivity contribution in [2.24, 2.45) is 0 Å². The van der Waals surface area contributed by atoms with Crippen LogP contribution >= 0.6 is 0 Å². The first-order valence-corrected chi connectivity index (χ1v) is 11.1. The van der Waals surface area contributed by atoms with Crippen LogP contribution in [-0.4, -0.2) is 0 Å². The summed E-state index contributed by atoms with van der Waals surface area (Å²) >= 11 is 0. The molecule has 0 spiro atoms. The third-order valence-electron chi connectivity index (χ3n) is 6.82. The zero-order chi connectivity index (χ0) is 21.1. The van der Waals surface area contributed by atoms with Gasteiger partial charge in [0.1, 0.15) is 0 Å². The van der Waals surface area contributed by atoms with Gasteiger partial charge in [-0.1, -0.05) is 121 Å². The number of hydrogen-bond acceptors (Lipinski definition) is 0. The monoisotopic (exact) mass is 404 g/mol. The molecule has 0 bridgehead atoms. The van der Waals surface area contributed by atoms with E-state index >= 15 is 0 Å². The Bertz CT molecular complexity index is 1430. The molecule has 0 radical (unpaired) electrons. The molecule has 0 N–H and O–H groups in total. The fourth-order valence-corrected chi connectivity index (χ4v) is 5.49. The fourth-order valence-electron chi connectivity index (χ4n) is 5.49. The van der Waals surface area contributed by atoms with Crippen molar-refractivity contribution >= 4 is 21.5 Å². The summed E-state index contributed by atoms with van der Waals surface area (Å²) in [5, 5.41) is 5.50. The van der Waals surface area contributed by atoms with Crippen LogP contribution < -0.4 is 0 Å². The van der Waals surface area contributed by atoms with Crippen molar-refractivity contribution in [1.29, 1.82) is 0 Å². The van der Waals surface area contributed by atoms with Gasteiger partial charge in [-0.25, -0.2) is 0 Å².